The number of non-ortho nitro benzene ring substituents is 1. The summed E-state index contributed by atoms with van der Waals surface area (Å²) in [5.74, 6) is -0.870. The monoisotopic (exact) mass is 415 g/mol. The summed E-state index contributed by atoms with van der Waals surface area (Å²) in [6.07, 6.45) is 2.13. The second kappa shape index (κ2) is 10.5. The number of nitrogens with zero attached hydrogens (tertiary/aromatic N) is 1. The number of amides is 2. The number of hydrogen-bond acceptors (Lipinski definition) is 4. The summed E-state index contributed by atoms with van der Waals surface area (Å²) in [6.45, 7) is 0.391. The first-order chi connectivity index (χ1) is 15.0. The highest BCUT2D eigenvalue weighted by Crippen LogP contribution is 2.14. The Balaban J connectivity index is 1.76. The number of carbonyl (C=O) groups excluding carboxylic acids is 2. The average molecular weight is 415 g/mol. The van der Waals surface area contributed by atoms with Crippen molar-refractivity contribution in [3.63, 3.8) is 0 Å². The highest BCUT2D eigenvalue weighted by Gasteiger charge is 2.15. The molecule has 0 aliphatic rings. The van der Waals surface area contributed by atoms with Crippen LogP contribution in [0.5, 0.6) is 0 Å². The SMILES string of the molecule is O=C(NCCc1ccccc1)/C(=C\c1ccc([N+](=O)[O-])cc1)NC(=O)c1ccccc1. The van der Waals surface area contributed by atoms with Crippen LogP contribution in [0.1, 0.15) is 21.5 Å². The van der Waals surface area contributed by atoms with Gasteiger partial charge in [0.2, 0.25) is 0 Å². The summed E-state index contributed by atoms with van der Waals surface area (Å²) in [4.78, 5) is 35.7. The highest BCUT2D eigenvalue weighted by molar-refractivity contribution is 6.05. The Bertz CT molecular complexity index is 1080. The predicted molar refractivity (Wildman–Crippen MR) is 118 cm³/mol. The van der Waals surface area contributed by atoms with Crippen LogP contribution < -0.4 is 10.6 Å². The minimum atomic E-state index is -0.498. The lowest BCUT2D eigenvalue weighted by atomic mass is 10.1. The molecule has 0 bridgehead atoms. The van der Waals surface area contributed by atoms with Crippen molar-refractivity contribution in [1.29, 1.82) is 0 Å². The number of benzene rings is 3. The molecule has 0 atom stereocenters. The molecule has 0 unspecified atom stereocenters. The molecule has 3 rings (SSSR count). The van der Waals surface area contributed by atoms with E-state index in [1.807, 2.05) is 30.3 Å². The topological polar surface area (TPSA) is 101 Å². The van der Waals surface area contributed by atoms with Crippen LogP contribution in [0, 0.1) is 10.1 Å². The van der Waals surface area contributed by atoms with Gasteiger partial charge in [-0.3, -0.25) is 19.7 Å². The quantitative estimate of drug-likeness (QED) is 0.333. The number of rotatable bonds is 8. The molecule has 0 saturated heterocycles. The van der Waals surface area contributed by atoms with Gasteiger partial charge >= 0.3 is 0 Å². The third-order valence-electron chi connectivity index (χ3n) is 4.49. The Morgan fingerprint density at radius 2 is 1.48 bits per heavy atom. The van der Waals surface area contributed by atoms with E-state index in [0.29, 0.717) is 24.1 Å². The molecule has 2 N–H and O–H groups in total. The van der Waals surface area contributed by atoms with Crippen LogP contribution in [0.4, 0.5) is 5.69 Å². The van der Waals surface area contributed by atoms with Gasteiger partial charge in [-0.05, 0) is 47.9 Å². The van der Waals surface area contributed by atoms with Gasteiger partial charge in [0.15, 0.2) is 0 Å². The van der Waals surface area contributed by atoms with Crippen molar-refractivity contribution >= 4 is 23.6 Å². The van der Waals surface area contributed by atoms with Gasteiger partial charge in [-0.1, -0.05) is 48.5 Å². The number of hydrogen-bond donors (Lipinski definition) is 2. The maximum Gasteiger partial charge on any atom is 0.269 e. The van der Waals surface area contributed by atoms with Crippen molar-refractivity contribution in [2.24, 2.45) is 0 Å². The molecule has 0 radical (unpaired) electrons. The van der Waals surface area contributed by atoms with E-state index < -0.39 is 16.7 Å². The molecule has 31 heavy (non-hydrogen) atoms. The Labute approximate surface area is 179 Å². The van der Waals surface area contributed by atoms with Crippen LogP contribution in [0.3, 0.4) is 0 Å². The summed E-state index contributed by atoms with van der Waals surface area (Å²) in [5, 5.41) is 16.3. The van der Waals surface area contributed by atoms with Gasteiger partial charge in [0.1, 0.15) is 5.70 Å². The zero-order chi connectivity index (χ0) is 22.1. The van der Waals surface area contributed by atoms with E-state index in [1.54, 1.807) is 30.3 Å². The molecule has 0 aliphatic heterocycles. The third-order valence-corrected chi connectivity index (χ3v) is 4.49. The highest BCUT2D eigenvalue weighted by atomic mass is 16.6. The van der Waals surface area contributed by atoms with Crippen molar-refractivity contribution in [3.05, 3.63) is 117 Å². The summed E-state index contributed by atoms with van der Waals surface area (Å²) in [5.41, 5.74) is 2.04. The Morgan fingerprint density at radius 3 is 2.10 bits per heavy atom. The number of nitrogens with one attached hydrogen (secondary N) is 2. The molecule has 0 saturated carbocycles. The van der Waals surface area contributed by atoms with Gasteiger partial charge < -0.3 is 10.6 Å². The molecule has 0 fully saturated rings. The normalized spacial score (nSPS) is 10.9. The maximum atomic E-state index is 12.8. The smallest absolute Gasteiger partial charge is 0.269 e. The summed E-state index contributed by atoms with van der Waals surface area (Å²) in [7, 11) is 0. The largest absolute Gasteiger partial charge is 0.350 e. The van der Waals surface area contributed by atoms with Gasteiger partial charge in [-0.25, -0.2) is 0 Å². The van der Waals surface area contributed by atoms with Gasteiger partial charge in [0.05, 0.1) is 4.92 Å². The Kier molecular flexibility index (Phi) is 7.26. The second-order valence-corrected chi connectivity index (χ2v) is 6.72. The van der Waals surface area contributed by atoms with Crippen LogP contribution in [-0.4, -0.2) is 23.3 Å². The van der Waals surface area contributed by atoms with Crippen LogP contribution in [0.25, 0.3) is 6.08 Å². The van der Waals surface area contributed by atoms with Crippen molar-refractivity contribution in [2.45, 2.75) is 6.42 Å². The van der Waals surface area contributed by atoms with Crippen molar-refractivity contribution in [1.82, 2.24) is 10.6 Å². The van der Waals surface area contributed by atoms with Crippen LogP contribution in [-0.2, 0) is 11.2 Å². The molecule has 0 heterocycles. The van der Waals surface area contributed by atoms with Gasteiger partial charge in [-0.15, -0.1) is 0 Å². The molecule has 0 aliphatic carbocycles. The fourth-order valence-corrected chi connectivity index (χ4v) is 2.86. The molecule has 0 spiro atoms. The van der Waals surface area contributed by atoms with E-state index in [9.17, 15) is 19.7 Å². The molecule has 2 amide bonds. The lowest BCUT2D eigenvalue weighted by Gasteiger charge is -2.11. The molecular weight excluding hydrogens is 394 g/mol. The van der Waals surface area contributed by atoms with E-state index in [2.05, 4.69) is 10.6 Å². The van der Waals surface area contributed by atoms with Crippen molar-refractivity contribution in [2.75, 3.05) is 6.54 Å². The first kappa shape index (κ1) is 21.4. The van der Waals surface area contributed by atoms with E-state index >= 15 is 0 Å². The summed E-state index contributed by atoms with van der Waals surface area (Å²) >= 11 is 0. The number of carbonyl (C=O) groups is 2. The number of nitro benzene ring substituents is 1. The van der Waals surface area contributed by atoms with Crippen LogP contribution in [0.15, 0.2) is 90.6 Å². The van der Waals surface area contributed by atoms with E-state index in [1.165, 1.54) is 30.3 Å². The maximum absolute atomic E-state index is 12.8. The molecule has 3 aromatic carbocycles. The Morgan fingerprint density at radius 1 is 0.871 bits per heavy atom. The standard InChI is InChI=1S/C24H21N3O4/c28-23(20-9-5-2-6-10-20)26-22(17-19-11-13-21(14-12-19)27(30)31)24(29)25-16-15-18-7-3-1-4-8-18/h1-14,17H,15-16H2,(H,25,29)(H,26,28)/b22-17+. The zero-order valence-electron chi connectivity index (χ0n) is 16.7. The molecule has 156 valence electrons. The first-order valence-electron chi connectivity index (χ1n) is 9.67. The third kappa shape index (κ3) is 6.37. The lowest BCUT2D eigenvalue weighted by Crippen LogP contribution is -2.35. The predicted octanol–water partition coefficient (Wildman–Crippen LogP) is 3.72. The van der Waals surface area contributed by atoms with E-state index in [-0.39, 0.29) is 11.4 Å². The van der Waals surface area contributed by atoms with Gasteiger partial charge in [0.25, 0.3) is 17.5 Å². The molecule has 7 nitrogen and oxygen atoms in total. The van der Waals surface area contributed by atoms with Crippen molar-refractivity contribution in [3.8, 4) is 0 Å². The van der Waals surface area contributed by atoms with Crippen LogP contribution in [0.2, 0.25) is 0 Å². The number of nitro groups is 1. The van der Waals surface area contributed by atoms with Gasteiger partial charge in [-0.2, -0.15) is 0 Å². The fourth-order valence-electron chi connectivity index (χ4n) is 2.86. The van der Waals surface area contributed by atoms with Gasteiger partial charge in [0, 0.05) is 24.2 Å². The summed E-state index contributed by atoms with van der Waals surface area (Å²) < 4.78 is 0. The van der Waals surface area contributed by atoms with Crippen LogP contribution >= 0.6 is 0 Å². The minimum absolute atomic E-state index is 0.0516. The fraction of sp³-hybridized carbons (Fsp3) is 0.0833. The molecular formula is C24H21N3O4. The summed E-state index contributed by atoms with van der Waals surface area (Å²) in [6, 6.07) is 24.0. The second-order valence-electron chi connectivity index (χ2n) is 6.72. The zero-order valence-corrected chi connectivity index (χ0v) is 16.7. The van der Waals surface area contributed by atoms with E-state index in [0.717, 1.165) is 5.56 Å². The lowest BCUT2D eigenvalue weighted by molar-refractivity contribution is -0.384. The Hall–Kier alpha value is -4.26. The van der Waals surface area contributed by atoms with E-state index in [4.69, 9.17) is 0 Å². The average Bonchev–Trinajstić information content (AvgIpc) is 2.80. The minimum Gasteiger partial charge on any atom is -0.350 e. The molecule has 0 aromatic heterocycles. The molecule has 3 aromatic rings. The molecule has 7 heteroatoms. The first-order valence-corrected chi connectivity index (χ1v) is 9.67. The van der Waals surface area contributed by atoms with Crippen molar-refractivity contribution < 1.29 is 14.5 Å².